The zero-order valence-electron chi connectivity index (χ0n) is 13.9. The van der Waals surface area contributed by atoms with Gasteiger partial charge in [0.2, 0.25) is 5.91 Å². The fourth-order valence-corrected chi connectivity index (χ4v) is 2.52. The van der Waals surface area contributed by atoms with Crippen molar-refractivity contribution < 1.29 is 4.79 Å². The number of rotatable bonds is 6. The summed E-state index contributed by atoms with van der Waals surface area (Å²) in [6, 6.07) is 8.57. The highest BCUT2D eigenvalue weighted by Crippen LogP contribution is 2.19. The third-order valence-electron chi connectivity index (χ3n) is 3.92. The molecule has 1 aromatic carbocycles. The Morgan fingerprint density at radius 3 is 2.36 bits per heavy atom. The fourth-order valence-electron chi connectivity index (χ4n) is 2.52. The van der Waals surface area contributed by atoms with Gasteiger partial charge in [-0.1, -0.05) is 13.8 Å². The third-order valence-corrected chi connectivity index (χ3v) is 3.92. The largest absolute Gasteiger partial charge is 0.369 e. The van der Waals surface area contributed by atoms with E-state index >= 15 is 0 Å². The molecule has 0 saturated carbocycles. The Labute approximate surface area is 133 Å². The van der Waals surface area contributed by atoms with Gasteiger partial charge in [0.25, 0.3) is 0 Å². The molecule has 0 unspecified atom stereocenters. The predicted octanol–water partition coefficient (Wildman–Crippen LogP) is 1.76. The molecule has 5 nitrogen and oxygen atoms in total. The molecular weight excluding hydrogens is 276 g/mol. The van der Waals surface area contributed by atoms with Crippen LogP contribution in [0.25, 0.3) is 0 Å². The van der Waals surface area contributed by atoms with Crippen LogP contribution in [0.15, 0.2) is 24.3 Å². The highest BCUT2D eigenvalue weighted by molar-refractivity contribution is 5.91. The Morgan fingerprint density at radius 2 is 1.77 bits per heavy atom. The number of nitrogens with one attached hydrogen (secondary N) is 2. The summed E-state index contributed by atoms with van der Waals surface area (Å²) in [5.74, 6) is 0.0560. The summed E-state index contributed by atoms with van der Waals surface area (Å²) < 4.78 is 0. The molecule has 1 aliphatic rings. The summed E-state index contributed by atoms with van der Waals surface area (Å²) in [5, 5.41) is 6.19. The summed E-state index contributed by atoms with van der Waals surface area (Å²) in [5.41, 5.74) is 2.10. The lowest BCUT2D eigenvalue weighted by Crippen LogP contribution is -2.44. The van der Waals surface area contributed by atoms with E-state index in [4.69, 9.17) is 0 Å². The van der Waals surface area contributed by atoms with Crippen molar-refractivity contribution in [2.45, 2.75) is 26.3 Å². The second kappa shape index (κ2) is 8.15. The molecule has 1 heterocycles. The van der Waals surface area contributed by atoms with Crippen molar-refractivity contribution in [3.63, 3.8) is 0 Å². The monoisotopic (exact) mass is 304 g/mol. The highest BCUT2D eigenvalue weighted by Gasteiger charge is 2.14. The van der Waals surface area contributed by atoms with Crippen molar-refractivity contribution in [1.82, 2.24) is 10.2 Å². The molecule has 5 heteroatoms. The molecule has 22 heavy (non-hydrogen) atoms. The van der Waals surface area contributed by atoms with Gasteiger partial charge in [0.1, 0.15) is 0 Å². The summed E-state index contributed by atoms with van der Waals surface area (Å²) in [4.78, 5) is 16.6. The molecule has 0 bridgehead atoms. The number of amides is 1. The summed E-state index contributed by atoms with van der Waals surface area (Å²) in [6.07, 6.45) is 0.498. The van der Waals surface area contributed by atoms with E-state index in [1.165, 1.54) is 5.69 Å². The van der Waals surface area contributed by atoms with Crippen LogP contribution in [0.3, 0.4) is 0 Å². The first-order valence-electron chi connectivity index (χ1n) is 8.11. The van der Waals surface area contributed by atoms with Crippen LogP contribution in [0, 0.1) is 0 Å². The van der Waals surface area contributed by atoms with Gasteiger partial charge in [0, 0.05) is 56.6 Å². The van der Waals surface area contributed by atoms with Gasteiger partial charge in [-0.2, -0.15) is 0 Å². The molecule has 0 atom stereocenters. The molecule has 1 fully saturated rings. The molecule has 0 radical (unpaired) electrons. The van der Waals surface area contributed by atoms with Crippen molar-refractivity contribution >= 4 is 17.3 Å². The lowest BCUT2D eigenvalue weighted by Gasteiger charge is -2.34. The number of carbonyl (C=O) groups is 1. The van der Waals surface area contributed by atoms with Gasteiger partial charge in [-0.05, 0) is 31.3 Å². The molecule has 0 aromatic heterocycles. The van der Waals surface area contributed by atoms with Crippen molar-refractivity contribution in [2.75, 3.05) is 50.0 Å². The van der Waals surface area contributed by atoms with Crippen LogP contribution in [0.4, 0.5) is 11.4 Å². The van der Waals surface area contributed by atoms with E-state index in [-0.39, 0.29) is 5.91 Å². The topological polar surface area (TPSA) is 47.6 Å². The minimum Gasteiger partial charge on any atom is -0.369 e. The van der Waals surface area contributed by atoms with Crippen LogP contribution < -0.4 is 15.5 Å². The van der Waals surface area contributed by atoms with E-state index in [1.54, 1.807) is 0 Å². The molecule has 2 rings (SSSR count). The molecule has 1 saturated heterocycles. The maximum absolute atomic E-state index is 11.8. The second-order valence-electron chi connectivity index (χ2n) is 6.24. The molecular formula is C17H28N4O. The molecule has 1 aromatic rings. The van der Waals surface area contributed by atoms with Crippen molar-refractivity contribution in [1.29, 1.82) is 0 Å². The third kappa shape index (κ3) is 5.31. The van der Waals surface area contributed by atoms with E-state index in [0.717, 1.165) is 31.9 Å². The number of piperazine rings is 1. The Kier molecular flexibility index (Phi) is 6.21. The Hall–Kier alpha value is -1.59. The van der Waals surface area contributed by atoms with Gasteiger partial charge in [-0.3, -0.25) is 4.79 Å². The van der Waals surface area contributed by atoms with Crippen LogP contribution >= 0.6 is 0 Å². The zero-order valence-corrected chi connectivity index (χ0v) is 13.9. The van der Waals surface area contributed by atoms with Gasteiger partial charge >= 0.3 is 0 Å². The lowest BCUT2D eigenvalue weighted by atomic mass is 10.2. The highest BCUT2D eigenvalue weighted by atomic mass is 16.1. The maximum atomic E-state index is 11.8. The average molecular weight is 304 g/mol. The number of nitrogens with zero attached hydrogens (tertiary/aromatic N) is 2. The SMILES string of the molecule is CC(C)NCCC(=O)Nc1ccc(N2CCN(C)CC2)cc1. The van der Waals surface area contributed by atoms with Crippen molar-refractivity contribution in [2.24, 2.45) is 0 Å². The van der Waals surface area contributed by atoms with Gasteiger partial charge < -0.3 is 20.4 Å². The maximum Gasteiger partial charge on any atom is 0.225 e. The minimum absolute atomic E-state index is 0.0560. The van der Waals surface area contributed by atoms with Gasteiger partial charge in [0.05, 0.1) is 0 Å². The number of hydrogen-bond acceptors (Lipinski definition) is 4. The first-order valence-corrected chi connectivity index (χ1v) is 8.11. The lowest BCUT2D eigenvalue weighted by molar-refractivity contribution is -0.116. The molecule has 122 valence electrons. The Balaban J connectivity index is 1.80. The van der Waals surface area contributed by atoms with E-state index in [9.17, 15) is 4.79 Å². The van der Waals surface area contributed by atoms with Gasteiger partial charge in [-0.25, -0.2) is 0 Å². The molecule has 0 aliphatic carbocycles. The van der Waals surface area contributed by atoms with Crippen LogP contribution in [-0.4, -0.2) is 56.6 Å². The fraction of sp³-hybridized carbons (Fsp3) is 0.588. The standard InChI is InChI=1S/C17H28N4O/c1-14(2)18-9-8-17(22)19-15-4-6-16(7-5-15)21-12-10-20(3)11-13-21/h4-7,14,18H,8-13H2,1-3H3,(H,19,22). The van der Waals surface area contributed by atoms with E-state index in [1.807, 2.05) is 12.1 Å². The number of likely N-dealkylation sites (N-methyl/N-ethyl adjacent to an activating group) is 1. The first-order chi connectivity index (χ1) is 10.5. The number of benzene rings is 1. The Morgan fingerprint density at radius 1 is 1.14 bits per heavy atom. The van der Waals surface area contributed by atoms with Crippen LogP contribution in [0.2, 0.25) is 0 Å². The van der Waals surface area contributed by atoms with Crippen LogP contribution in [0.1, 0.15) is 20.3 Å². The second-order valence-corrected chi connectivity index (χ2v) is 6.24. The smallest absolute Gasteiger partial charge is 0.225 e. The molecule has 1 aliphatic heterocycles. The van der Waals surface area contributed by atoms with E-state index in [2.05, 4.69) is 53.5 Å². The van der Waals surface area contributed by atoms with Gasteiger partial charge in [0.15, 0.2) is 0 Å². The molecule has 2 N–H and O–H groups in total. The minimum atomic E-state index is 0.0560. The van der Waals surface area contributed by atoms with Crippen LogP contribution in [-0.2, 0) is 4.79 Å². The Bertz CT molecular complexity index is 464. The zero-order chi connectivity index (χ0) is 15.9. The predicted molar refractivity (Wildman–Crippen MR) is 92.5 cm³/mol. The van der Waals surface area contributed by atoms with Crippen molar-refractivity contribution in [3.05, 3.63) is 24.3 Å². The number of carbonyl (C=O) groups excluding carboxylic acids is 1. The number of hydrogen-bond donors (Lipinski definition) is 2. The summed E-state index contributed by atoms with van der Waals surface area (Å²) in [7, 11) is 2.16. The van der Waals surface area contributed by atoms with Gasteiger partial charge in [-0.15, -0.1) is 0 Å². The summed E-state index contributed by atoms with van der Waals surface area (Å²) >= 11 is 0. The normalized spacial score (nSPS) is 16.1. The molecule has 1 amide bonds. The van der Waals surface area contributed by atoms with Crippen LogP contribution in [0.5, 0.6) is 0 Å². The summed E-state index contributed by atoms with van der Waals surface area (Å²) in [6.45, 7) is 9.18. The molecule has 0 spiro atoms. The first kappa shape index (κ1) is 16.8. The van der Waals surface area contributed by atoms with E-state index in [0.29, 0.717) is 19.0 Å². The van der Waals surface area contributed by atoms with E-state index < -0.39 is 0 Å². The van der Waals surface area contributed by atoms with Crippen molar-refractivity contribution in [3.8, 4) is 0 Å². The number of anilines is 2. The average Bonchev–Trinajstić information content (AvgIpc) is 2.48. The quantitative estimate of drug-likeness (QED) is 0.841.